The van der Waals surface area contributed by atoms with Gasteiger partial charge in [-0.1, -0.05) is 6.07 Å². The fourth-order valence-corrected chi connectivity index (χ4v) is 4.18. The van der Waals surface area contributed by atoms with Crippen LogP contribution in [0.1, 0.15) is 50.4 Å². The predicted molar refractivity (Wildman–Crippen MR) is 123 cm³/mol. The summed E-state index contributed by atoms with van der Waals surface area (Å²) in [4.78, 5) is 11.3. The smallest absolute Gasteiger partial charge is 0.404 e. The molecule has 2 aromatic rings. The van der Waals surface area contributed by atoms with Gasteiger partial charge in [-0.25, -0.2) is 13.6 Å². The normalized spacial score (nSPS) is 18.8. The molecule has 186 valence electrons. The number of carbonyl (C=O) groups is 1. The van der Waals surface area contributed by atoms with Gasteiger partial charge >= 0.3 is 6.09 Å². The molecule has 1 heterocycles. The number of ether oxygens (including phenoxy) is 2. The van der Waals surface area contributed by atoms with E-state index in [1.54, 1.807) is 0 Å². The quantitative estimate of drug-likeness (QED) is 0.437. The first kappa shape index (κ1) is 25.9. The van der Waals surface area contributed by atoms with Crippen LogP contribution in [0.25, 0.3) is 0 Å². The summed E-state index contributed by atoms with van der Waals surface area (Å²) in [6, 6.07) is 7.52. The van der Waals surface area contributed by atoms with E-state index in [1.807, 2.05) is 45.9 Å². The van der Waals surface area contributed by atoms with Crippen LogP contribution in [0.5, 0.6) is 5.75 Å². The van der Waals surface area contributed by atoms with E-state index >= 15 is 0 Å². The molecule has 0 aromatic heterocycles. The summed E-state index contributed by atoms with van der Waals surface area (Å²) in [5.41, 5.74) is 1.69. The summed E-state index contributed by atoms with van der Waals surface area (Å²) < 4.78 is 39.0. The second-order valence-corrected chi connectivity index (χ2v) is 9.30. The zero-order chi connectivity index (χ0) is 25.0. The van der Waals surface area contributed by atoms with E-state index in [1.165, 1.54) is 0 Å². The molecule has 9 heteroatoms. The number of halogens is 2. The Hall–Kier alpha value is -2.75. The average Bonchev–Trinajstić information content (AvgIpc) is 2.71. The molecular formula is C25H32F2N2O5. The maximum absolute atomic E-state index is 13.6. The van der Waals surface area contributed by atoms with Crippen molar-refractivity contribution in [2.24, 2.45) is 0 Å². The molecule has 0 spiro atoms. The number of hydrogen-bond donors (Lipinski definition) is 4. The van der Waals surface area contributed by atoms with Crippen molar-refractivity contribution in [3.05, 3.63) is 64.7 Å². The molecule has 0 radical (unpaired) electrons. The number of hydrogen-bond acceptors (Lipinski definition) is 5. The Kier molecular flexibility index (Phi) is 8.12. The Balaban J connectivity index is 1.76. The summed E-state index contributed by atoms with van der Waals surface area (Å²) in [6.45, 7) is 8.20. The van der Waals surface area contributed by atoms with Crippen molar-refractivity contribution in [2.75, 3.05) is 13.2 Å². The van der Waals surface area contributed by atoms with Gasteiger partial charge in [0.15, 0.2) is 0 Å². The molecule has 34 heavy (non-hydrogen) atoms. The Labute approximate surface area is 198 Å². The SMILES string of the molecule is CC(C)Oc1ccc2c(c1)C(NC[C@H](O)[C@@H](Cc1cc(F)cc(F)c1)NC(=O)O)COC2(C)C. The molecule has 0 saturated carbocycles. The predicted octanol–water partition coefficient (Wildman–Crippen LogP) is 3.89. The molecular weight excluding hydrogens is 446 g/mol. The Morgan fingerprint density at radius 3 is 2.50 bits per heavy atom. The standard InChI is InChI=1S/C25H32F2N2O5/c1-14(2)34-18-5-6-20-19(11-18)22(13-33-25(20,3)4)28-12-23(30)21(29-24(31)32)9-15-7-16(26)10-17(27)8-15/h5-8,10-11,14,21-23,28-30H,9,12-13H2,1-4H3,(H,31,32)/t21-,22?,23+/m1/s1. The molecule has 1 amide bonds. The van der Waals surface area contributed by atoms with Crippen LogP contribution in [-0.4, -0.2) is 47.7 Å². The maximum atomic E-state index is 13.6. The highest BCUT2D eigenvalue weighted by molar-refractivity contribution is 5.65. The van der Waals surface area contributed by atoms with E-state index in [0.29, 0.717) is 6.61 Å². The van der Waals surface area contributed by atoms with Crippen LogP contribution >= 0.6 is 0 Å². The van der Waals surface area contributed by atoms with Gasteiger partial charge in [-0.3, -0.25) is 0 Å². The van der Waals surface area contributed by atoms with Crippen molar-refractivity contribution < 1.29 is 33.3 Å². The van der Waals surface area contributed by atoms with Crippen molar-refractivity contribution >= 4 is 6.09 Å². The third-order valence-electron chi connectivity index (χ3n) is 5.75. The van der Waals surface area contributed by atoms with Gasteiger partial charge in [-0.05, 0) is 75.1 Å². The van der Waals surface area contributed by atoms with E-state index in [2.05, 4.69) is 10.6 Å². The summed E-state index contributed by atoms with van der Waals surface area (Å²) in [5.74, 6) is -0.818. The Morgan fingerprint density at radius 1 is 1.21 bits per heavy atom. The Morgan fingerprint density at radius 2 is 1.88 bits per heavy atom. The molecule has 0 saturated heterocycles. The second-order valence-electron chi connectivity index (χ2n) is 9.30. The van der Waals surface area contributed by atoms with Crippen LogP contribution in [0, 0.1) is 11.6 Å². The molecule has 2 aromatic carbocycles. The van der Waals surface area contributed by atoms with Crippen molar-refractivity contribution in [3.63, 3.8) is 0 Å². The Bertz CT molecular complexity index is 995. The minimum Gasteiger partial charge on any atom is -0.491 e. The number of benzene rings is 2. The summed E-state index contributed by atoms with van der Waals surface area (Å²) >= 11 is 0. The van der Waals surface area contributed by atoms with Crippen LogP contribution < -0.4 is 15.4 Å². The van der Waals surface area contributed by atoms with E-state index < -0.39 is 35.5 Å². The van der Waals surface area contributed by atoms with E-state index in [-0.39, 0.29) is 30.7 Å². The lowest BCUT2D eigenvalue weighted by molar-refractivity contribution is -0.0487. The minimum absolute atomic E-state index is 0.00893. The second kappa shape index (κ2) is 10.7. The first-order chi connectivity index (χ1) is 15.9. The lowest BCUT2D eigenvalue weighted by atomic mass is 9.86. The fraction of sp³-hybridized carbons (Fsp3) is 0.480. The van der Waals surface area contributed by atoms with Crippen molar-refractivity contribution in [1.82, 2.24) is 10.6 Å². The zero-order valence-electron chi connectivity index (χ0n) is 19.8. The average molecular weight is 479 g/mol. The van der Waals surface area contributed by atoms with Crippen LogP contribution in [0.15, 0.2) is 36.4 Å². The van der Waals surface area contributed by atoms with E-state index in [0.717, 1.165) is 35.1 Å². The molecule has 4 N–H and O–H groups in total. The molecule has 1 unspecified atom stereocenters. The van der Waals surface area contributed by atoms with Gasteiger partial charge < -0.3 is 30.3 Å². The summed E-state index contributed by atoms with van der Waals surface area (Å²) in [7, 11) is 0. The third kappa shape index (κ3) is 6.65. The van der Waals surface area contributed by atoms with Crippen molar-refractivity contribution in [2.45, 2.75) is 64.0 Å². The molecule has 1 aliphatic rings. The maximum Gasteiger partial charge on any atom is 0.404 e. The van der Waals surface area contributed by atoms with E-state index in [9.17, 15) is 23.8 Å². The highest BCUT2D eigenvalue weighted by Gasteiger charge is 2.34. The van der Waals surface area contributed by atoms with Crippen LogP contribution in [0.2, 0.25) is 0 Å². The molecule has 3 atom stereocenters. The van der Waals surface area contributed by atoms with Crippen LogP contribution in [0.4, 0.5) is 13.6 Å². The molecule has 0 bridgehead atoms. The zero-order valence-corrected chi connectivity index (χ0v) is 19.8. The highest BCUT2D eigenvalue weighted by atomic mass is 19.1. The number of carboxylic acid groups (broad SMARTS) is 1. The van der Waals surface area contributed by atoms with Crippen molar-refractivity contribution in [3.8, 4) is 5.75 Å². The van der Waals surface area contributed by atoms with Gasteiger partial charge in [0, 0.05) is 12.6 Å². The number of fused-ring (bicyclic) bond motifs is 1. The largest absolute Gasteiger partial charge is 0.491 e. The summed E-state index contributed by atoms with van der Waals surface area (Å²) in [5, 5.41) is 25.5. The molecule has 7 nitrogen and oxygen atoms in total. The van der Waals surface area contributed by atoms with Crippen molar-refractivity contribution in [1.29, 1.82) is 0 Å². The molecule has 1 aliphatic heterocycles. The number of amides is 1. The molecule has 0 fully saturated rings. The van der Waals surface area contributed by atoms with Gasteiger partial charge in [0.05, 0.1) is 36.5 Å². The topological polar surface area (TPSA) is 100 Å². The van der Waals surface area contributed by atoms with E-state index in [4.69, 9.17) is 9.47 Å². The first-order valence-electron chi connectivity index (χ1n) is 11.3. The first-order valence-corrected chi connectivity index (χ1v) is 11.3. The number of nitrogens with one attached hydrogen (secondary N) is 2. The molecule has 0 aliphatic carbocycles. The van der Waals surface area contributed by atoms with Gasteiger partial charge in [-0.2, -0.15) is 0 Å². The number of aliphatic hydroxyl groups excluding tert-OH is 1. The van der Waals surface area contributed by atoms with Gasteiger partial charge in [0.2, 0.25) is 0 Å². The van der Waals surface area contributed by atoms with Crippen LogP contribution in [0.3, 0.4) is 0 Å². The minimum atomic E-state index is -1.34. The van der Waals surface area contributed by atoms with Crippen LogP contribution in [-0.2, 0) is 16.8 Å². The lowest BCUT2D eigenvalue weighted by Crippen LogP contribution is -2.49. The number of rotatable bonds is 9. The summed E-state index contributed by atoms with van der Waals surface area (Å²) in [6.07, 6.45) is -2.59. The lowest BCUT2D eigenvalue weighted by Gasteiger charge is -2.38. The van der Waals surface area contributed by atoms with Gasteiger partial charge in [-0.15, -0.1) is 0 Å². The third-order valence-corrected chi connectivity index (χ3v) is 5.75. The molecule has 3 rings (SSSR count). The monoisotopic (exact) mass is 478 g/mol. The number of aliphatic hydroxyl groups is 1. The van der Waals surface area contributed by atoms with Gasteiger partial charge in [0.1, 0.15) is 17.4 Å². The fourth-order valence-electron chi connectivity index (χ4n) is 4.18. The van der Waals surface area contributed by atoms with Gasteiger partial charge in [0.25, 0.3) is 0 Å². The highest BCUT2D eigenvalue weighted by Crippen LogP contribution is 2.38.